The lowest BCUT2D eigenvalue weighted by Crippen LogP contribution is -1.93. The lowest BCUT2D eigenvalue weighted by Gasteiger charge is -2.19. The number of furan rings is 1. The van der Waals surface area contributed by atoms with Gasteiger partial charge in [-0.05, 0) is 78.8 Å². The first-order chi connectivity index (χ1) is 25.3. The predicted octanol–water partition coefficient (Wildman–Crippen LogP) is 13.7. The van der Waals surface area contributed by atoms with E-state index in [9.17, 15) is 0 Å². The lowest BCUT2D eigenvalue weighted by molar-refractivity contribution is 0.669. The van der Waals surface area contributed by atoms with E-state index >= 15 is 0 Å². The fourth-order valence-corrected chi connectivity index (χ4v) is 8.45. The van der Waals surface area contributed by atoms with Crippen molar-refractivity contribution in [1.29, 1.82) is 0 Å². The van der Waals surface area contributed by atoms with Gasteiger partial charge in [0.05, 0.1) is 11.2 Å². The summed E-state index contributed by atoms with van der Waals surface area (Å²) in [5, 5.41) is 13.3. The predicted molar refractivity (Wildman–Crippen MR) is 215 cm³/mol. The second-order valence-electron chi connectivity index (χ2n) is 13.4. The summed E-state index contributed by atoms with van der Waals surface area (Å²) in [4.78, 5) is 5.21. The van der Waals surface area contributed by atoms with Gasteiger partial charge in [0.1, 0.15) is 11.2 Å². The van der Waals surface area contributed by atoms with E-state index in [2.05, 4.69) is 164 Å². The monoisotopic (exact) mass is 647 g/mol. The maximum Gasteiger partial charge on any atom is 0.135 e. The van der Waals surface area contributed by atoms with Crippen LogP contribution in [0.25, 0.3) is 109 Å². The summed E-state index contributed by atoms with van der Waals surface area (Å²) in [6.45, 7) is 0. The van der Waals surface area contributed by atoms with Gasteiger partial charge in [0.2, 0.25) is 0 Å². The van der Waals surface area contributed by atoms with Crippen LogP contribution in [0.15, 0.2) is 180 Å². The van der Waals surface area contributed by atoms with E-state index in [0.717, 1.165) is 44.1 Å². The zero-order valence-electron chi connectivity index (χ0n) is 27.6. The molecule has 236 valence electrons. The van der Waals surface area contributed by atoms with Gasteiger partial charge in [0.15, 0.2) is 0 Å². The molecule has 0 atom stereocenters. The van der Waals surface area contributed by atoms with Crippen LogP contribution < -0.4 is 0 Å². The molecule has 2 nitrogen and oxygen atoms in total. The van der Waals surface area contributed by atoms with Crippen LogP contribution >= 0.6 is 0 Å². The van der Waals surface area contributed by atoms with Gasteiger partial charge in [-0.1, -0.05) is 152 Å². The van der Waals surface area contributed by atoms with Crippen molar-refractivity contribution < 1.29 is 4.42 Å². The number of hydrogen-bond acceptors (Lipinski definition) is 2. The van der Waals surface area contributed by atoms with Crippen LogP contribution in [0.2, 0.25) is 0 Å². The summed E-state index contributed by atoms with van der Waals surface area (Å²) in [6, 6.07) is 63.3. The first-order valence-corrected chi connectivity index (χ1v) is 17.5. The third-order valence-corrected chi connectivity index (χ3v) is 10.6. The van der Waals surface area contributed by atoms with Crippen molar-refractivity contribution in [3.8, 4) is 33.5 Å². The molecule has 0 amide bonds. The molecule has 2 heteroatoms. The van der Waals surface area contributed by atoms with Crippen molar-refractivity contribution in [2.24, 2.45) is 0 Å². The van der Waals surface area contributed by atoms with E-state index in [0.29, 0.717) is 0 Å². The summed E-state index contributed by atoms with van der Waals surface area (Å²) in [6.07, 6.45) is 0. The minimum absolute atomic E-state index is 0.909. The Morgan fingerprint density at radius 3 is 1.69 bits per heavy atom. The Bertz CT molecular complexity index is 3130. The zero-order chi connectivity index (χ0) is 33.5. The average Bonchev–Trinajstić information content (AvgIpc) is 3.57. The maximum absolute atomic E-state index is 6.22. The molecule has 2 heterocycles. The van der Waals surface area contributed by atoms with E-state index in [4.69, 9.17) is 9.40 Å². The van der Waals surface area contributed by atoms with Gasteiger partial charge in [0.25, 0.3) is 0 Å². The van der Waals surface area contributed by atoms with Gasteiger partial charge >= 0.3 is 0 Å². The molecule has 0 N–H and O–H groups in total. The van der Waals surface area contributed by atoms with Crippen molar-refractivity contribution in [2.45, 2.75) is 0 Å². The molecule has 0 aliphatic carbocycles. The second kappa shape index (κ2) is 10.9. The minimum Gasteiger partial charge on any atom is -0.456 e. The Hall–Kier alpha value is -6.77. The van der Waals surface area contributed by atoms with Gasteiger partial charge in [-0.15, -0.1) is 0 Å². The van der Waals surface area contributed by atoms with Crippen LogP contribution in [-0.2, 0) is 0 Å². The van der Waals surface area contributed by atoms with E-state index < -0.39 is 0 Å². The van der Waals surface area contributed by atoms with Crippen LogP contribution in [0.3, 0.4) is 0 Å². The van der Waals surface area contributed by atoms with Crippen LogP contribution in [0.5, 0.6) is 0 Å². The highest BCUT2D eigenvalue weighted by Crippen LogP contribution is 2.47. The molecule has 51 heavy (non-hydrogen) atoms. The van der Waals surface area contributed by atoms with E-state index in [1.165, 1.54) is 65.3 Å². The van der Waals surface area contributed by atoms with E-state index in [1.807, 2.05) is 12.1 Å². The minimum atomic E-state index is 0.909. The molecule has 0 radical (unpaired) electrons. The Morgan fingerprint density at radius 1 is 0.333 bits per heavy atom. The Kier molecular flexibility index (Phi) is 5.99. The Labute approximate surface area is 293 Å². The second-order valence-corrected chi connectivity index (χ2v) is 13.4. The fraction of sp³-hybridized carbons (Fsp3) is 0. The third kappa shape index (κ3) is 4.14. The Morgan fingerprint density at radius 2 is 0.922 bits per heavy atom. The molecule has 0 bridgehead atoms. The van der Waals surface area contributed by atoms with Gasteiger partial charge in [-0.25, -0.2) is 4.98 Å². The van der Waals surface area contributed by atoms with Crippen molar-refractivity contribution in [1.82, 2.24) is 4.98 Å². The zero-order valence-corrected chi connectivity index (χ0v) is 27.6. The molecule has 0 saturated heterocycles. The van der Waals surface area contributed by atoms with Gasteiger partial charge in [0, 0.05) is 32.5 Å². The van der Waals surface area contributed by atoms with Gasteiger partial charge in [-0.2, -0.15) is 0 Å². The summed E-state index contributed by atoms with van der Waals surface area (Å²) in [5.74, 6) is 0. The van der Waals surface area contributed by atoms with E-state index in [-0.39, 0.29) is 0 Å². The molecule has 0 spiro atoms. The molecule has 0 fully saturated rings. The number of nitrogens with zero attached hydrogens (tertiary/aromatic N) is 1. The highest BCUT2D eigenvalue weighted by molar-refractivity contribution is 6.28. The third-order valence-electron chi connectivity index (χ3n) is 10.6. The first-order valence-electron chi connectivity index (χ1n) is 17.5. The van der Waals surface area contributed by atoms with Crippen LogP contribution in [-0.4, -0.2) is 4.98 Å². The van der Waals surface area contributed by atoms with Crippen LogP contribution in [0, 0.1) is 0 Å². The number of fused-ring (bicyclic) bond motifs is 10. The highest BCUT2D eigenvalue weighted by Gasteiger charge is 2.20. The smallest absolute Gasteiger partial charge is 0.135 e. The summed E-state index contributed by atoms with van der Waals surface area (Å²) >= 11 is 0. The molecule has 9 aromatic carbocycles. The number of para-hydroxylation sites is 2. The maximum atomic E-state index is 6.22. The van der Waals surface area contributed by atoms with Crippen LogP contribution in [0.4, 0.5) is 0 Å². The SMILES string of the molecule is c1ccc(-c2nc3ccccc3c3c2ccc2c(-c4c5ccccc5c(-c5ccc6oc7ccccc7c6c5)c5ccccc45)cccc23)cc1. The summed E-state index contributed by atoms with van der Waals surface area (Å²) < 4.78 is 6.22. The topological polar surface area (TPSA) is 26.0 Å². The normalized spacial score (nSPS) is 11.9. The van der Waals surface area contributed by atoms with Crippen molar-refractivity contribution in [2.75, 3.05) is 0 Å². The molecular formula is C49H29NO. The Balaban J connectivity index is 1.24. The average molecular weight is 648 g/mol. The van der Waals surface area contributed by atoms with Crippen molar-refractivity contribution >= 4 is 75.9 Å². The molecule has 11 aromatic rings. The van der Waals surface area contributed by atoms with E-state index in [1.54, 1.807) is 0 Å². The fourth-order valence-electron chi connectivity index (χ4n) is 8.45. The summed E-state index contributed by atoms with van der Waals surface area (Å²) in [5.41, 5.74) is 9.88. The quantitative estimate of drug-likeness (QED) is 0.141. The van der Waals surface area contributed by atoms with Crippen molar-refractivity contribution in [3.63, 3.8) is 0 Å². The molecular weight excluding hydrogens is 619 g/mol. The lowest BCUT2D eigenvalue weighted by atomic mass is 9.84. The number of pyridine rings is 1. The number of rotatable bonds is 3. The number of aromatic nitrogens is 1. The first kappa shape index (κ1) is 28.1. The van der Waals surface area contributed by atoms with Crippen LogP contribution in [0.1, 0.15) is 0 Å². The molecule has 2 aromatic heterocycles. The standard InChI is InChI=1S/C49H29NO/c1-2-13-30(14-3-1)49-41-27-26-32-34(21-12-22-35(32)48(41)40-20-8-10-23-43(40)50-49)47-38-18-6-4-16-36(38)46(37-17-5-7-19-39(37)47)31-25-28-45-42(29-31)33-15-9-11-24-44(33)51-45/h1-29H. The number of hydrogen-bond donors (Lipinski definition) is 0. The molecule has 0 saturated carbocycles. The van der Waals surface area contributed by atoms with Crippen molar-refractivity contribution in [3.05, 3.63) is 176 Å². The molecule has 0 aliphatic rings. The number of benzene rings is 9. The van der Waals surface area contributed by atoms with Gasteiger partial charge in [-0.3, -0.25) is 0 Å². The molecule has 0 aliphatic heterocycles. The van der Waals surface area contributed by atoms with Gasteiger partial charge < -0.3 is 4.42 Å². The molecule has 0 unspecified atom stereocenters. The summed E-state index contributed by atoms with van der Waals surface area (Å²) in [7, 11) is 0. The molecule has 11 rings (SSSR count). The largest absolute Gasteiger partial charge is 0.456 e. The highest BCUT2D eigenvalue weighted by atomic mass is 16.3.